The smallest absolute Gasteiger partial charge is 0.338 e. The van der Waals surface area contributed by atoms with Crippen LogP contribution in [0, 0.1) is 6.92 Å². The highest BCUT2D eigenvalue weighted by molar-refractivity contribution is 6.17. The van der Waals surface area contributed by atoms with Crippen LogP contribution in [0.25, 0.3) is 27.7 Å². The molecule has 0 aliphatic rings. The van der Waals surface area contributed by atoms with E-state index in [1.165, 1.54) is 7.11 Å². The maximum atomic E-state index is 12.1. The van der Waals surface area contributed by atoms with Gasteiger partial charge in [-0.1, -0.05) is 12.1 Å². The van der Waals surface area contributed by atoms with Gasteiger partial charge >= 0.3 is 11.9 Å². The summed E-state index contributed by atoms with van der Waals surface area (Å²) in [4.78, 5) is 24.0. The lowest BCUT2D eigenvalue weighted by atomic mass is 9.98. The third kappa shape index (κ3) is 2.29. The molecule has 0 aliphatic carbocycles. The number of methoxy groups -OCH3 is 2. The SMILES string of the molecule is COc1ccc(-c2c(C)c3cc(OC)cc4c(C(=O)O)c(C(=O)O)c2n34)cc1. The number of hydrogen-bond acceptors (Lipinski definition) is 4. The Bertz CT molecular complexity index is 1240. The quantitative estimate of drug-likeness (QED) is 0.545. The van der Waals surface area contributed by atoms with Gasteiger partial charge in [-0.3, -0.25) is 0 Å². The van der Waals surface area contributed by atoms with Crippen molar-refractivity contribution >= 4 is 28.5 Å². The second-order valence-electron chi connectivity index (χ2n) is 6.44. The first-order valence-electron chi connectivity index (χ1n) is 8.48. The Balaban J connectivity index is 2.22. The van der Waals surface area contributed by atoms with Crippen LogP contribution < -0.4 is 9.47 Å². The van der Waals surface area contributed by atoms with Crippen LogP contribution in [-0.2, 0) is 0 Å². The zero-order valence-electron chi connectivity index (χ0n) is 15.4. The predicted octanol–water partition coefficient (Wildman–Crippen LogP) is 3.92. The van der Waals surface area contributed by atoms with Crippen LogP contribution in [0.4, 0.5) is 0 Å². The Labute approximate surface area is 159 Å². The van der Waals surface area contributed by atoms with E-state index in [9.17, 15) is 19.8 Å². The molecule has 0 atom stereocenters. The third-order valence-electron chi connectivity index (χ3n) is 5.04. The molecule has 0 spiro atoms. The van der Waals surface area contributed by atoms with Crippen molar-refractivity contribution in [2.75, 3.05) is 14.2 Å². The summed E-state index contributed by atoms with van der Waals surface area (Å²) in [7, 11) is 3.05. The van der Waals surface area contributed by atoms with E-state index in [1.807, 2.05) is 19.1 Å². The fourth-order valence-electron chi connectivity index (χ4n) is 3.83. The first-order chi connectivity index (χ1) is 13.4. The number of aryl methyl sites for hydroxylation is 1. The van der Waals surface area contributed by atoms with Crippen molar-refractivity contribution in [2.24, 2.45) is 0 Å². The molecule has 3 aromatic heterocycles. The fraction of sp³-hybridized carbons (Fsp3) is 0.143. The standard InChI is InChI=1S/C21H17NO6/c1-10-14-8-13(28-3)9-15-17(20(23)24)18(21(25)26)19(22(14)15)16(10)11-4-6-12(27-2)7-5-11/h4-9H,1-3H3,(H,23,24)(H,25,26). The van der Waals surface area contributed by atoms with Crippen LogP contribution in [0.1, 0.15) is 26.3 Å². The van der Waals surface area contributed by atoms with E-state index in [4.69, 9.17) is 9.47 Å². The third-order valence-corrected chi connectivity index (χ3v) is 5.04. The number of ether oxygens (including phenoxy) is 2. The second kappa shape index (κ2) is 6.16. The maximum Gasteiger partial charge on any atom is 0.338 e. The largest absolute Gasteiger partial charge is 0.497 e. The first kappa shape index (κ1) is 17.7. The van der Waals surface area contributed by atoms with Crippen LogP contribution in [-0.4, -0.2) is 40.8 Å². The molecule has 0 fully saturated rings. The number of carboxylic acid groups (broad SMARTS) is 2. The van der Waals surface area contributed by atoms with E-state index in [0.29, 0.717) is 28.1 Å². The molecule has 0 unspecified atom stereocenters. The van der Waals surface area contributed by atoms with Crippen molar-refractivity contribution in [3.05, 3.63) is 53.1 Å². The summed E-state index contributed by atoms with van der Waals surface area (Å²) in [6.07, 6.45) is 0. The van der Waals surface area contributed by atoms with Gasteiger partial charge in [-0.05, 0) is 30.2 Å². The molecule has 4 rings (SSSR count). The average molecular weight is 379 g/mol. The molecule has 4 aromatic rings. The van der Waals surface area contributed by atoms with E-state index in [2.05, 4.69) is 0 Å². The van der Waals surface area contributed by atoms with Crippen molar-refractivity contribution < 1.29 is 29.3 Å². The Morgan fingerprint density at radius 2 is 1.43 bits per heavy atom. The van der Waals surface area contributed by atoms with Gasteiger partial charge in [0.2, 0.25) is 0 Å². The van der Waals surface area contributed by atoms with Gasteiger partial charge in [0, 0.05) is 17.7 Å². The summed E-state index contributed by atoms with van der Waals surface area (Å²) in [5, 5.41) is 19.6. The highest BCUT2D eigenvalue weighted by atomic mass is 16.5. The molecule has 0 radical (unpaired) electrons. The van der Waals surface area contributed by atoms with Crippen LogP contribution in [0.3, 0.4) is 0 Å². The van der Waals surface area contributed by atoms with Crippen LogP contribution in [0.5, 0.6) is 11.5 Å². The van der Waals surface area contributed by atoms with Crippen molar-refractivity contribution in [3.8, 4) is 22.6 Å². The van der Waals surface area contributed by atoms with Gasteiger partial charge in [-0.15, -0.1) is 0 Å². The lowest BCUT2D eigenvalue weighted by molar-refractivity contribution is 0.0655. The number of carbonyl (C=O) groups is 2. The molecule has 28 heavy (non-hydrogen) atoms. The van der Waals surface area contributed by atoms with E-state index in [0.717, 1.165) is 11.1 Å². The topological polar surface area (TPSA) is 97.5 Å². The number of aromatic carboxylic acids is 2. The number of hydrogen-bond donors (Lipinski definition) is 2. The summed E-state index contributed by atoms with van der Waals surface area (Å²) >= 11 is 0. The number of aromatic nitrogens is 1. The monoisotopic (exact) mass is 379 g/mol. The van der Waals surface area contributed by atoms with Crippen molar-refractivity contribution in [3.63, 3.8) is 0 Å². The van der Waals surface area contributed by atoms with Crippen LogP contribution in [0.2, 0.25) is 0 Å². The van der Waals surface area contributed by atoms with Gasteiger partial charge in [-0.2, -0.15) is 0 Å². The molecule has 2 N–H and O–H groups in total. The van der Waals surface area contributed by atoms with Gasteiger partial charge in [0.25, 0.3) is 0 Å². The van der Waals surface area contributed by atoms with Crippen molar-refractivity contribution in [1.82, 2.24) is 4.40 Å². The Hall–Kier alpha value is -3.74. The number of rotatable bonds is 5. The van der Waals surface area contributed by atoms with Crippen molar-refractivity contribution in [1.29, 1.82) is 0 Å². The van der Waals surface area contributed by atoms with Crippen LogP contribution in [0.15, 0.2) is 36.4 Å². The lowest BCUT2D eigenvalue weighted by Crippen LogP contribution is -2.06. The van der Waals surface area contributed by atoms with E-state index in [1.54, 1.807) is 35.8 Å². The van der Waals surface area contributed by atoms with Gasteiger partial charge in [-0.25, -0.2) is 9.59 Å². The summed E-state index contributed by atoms with van der Waals surface area (Å²) in [5.74, 6) is -1.46. The molecule has 0 saturated heterocycles. The summed E-state index contributed by atoms with van der Waals surface area (Å²) in [6, 6.07) is 10.5. The Morgan fingerprint density at radius 1 is 0.857 bits per heavy atom. The Morgan fingerprint density at radius 3 is 1.96 bits per heavy atom. The molecular weight excluding hydrogens is 362 g/mol. The summed E-state index contributed by atoms with van der Waals surface area (Å²) < 4.78 is 12.2. The molecule has 7 heteroatoms. The van der Waals surface area contributed by atoms with E-state index in [-0.39, 0.29) is 16.6 Å². The van der Waals surface area contributed by atoms with Gasteiger partial charge in [0.15, 0.2) is 0 Å². The van der Waals surface area contributed by atoms with Gasteiger partial charge in [0.05, 0.1) is 30.8 Å². The normalized spacial score (nSPS) is 11.2. The number of benzene rings is 1. The number of nitrogens with zero attached hydrogens (tertiary/aromatic N) is 1. The molecule has 142 valence electrons. The first-order valence-corrected chi connectivity index (χ1v) is 8.48. The predicted molar refractivity (Wildman–Crippen MR) is 103 cm³/mol. The lowest BCUT2D eigenvalue weighted by Gasteiger charge is -2.06. The zero-order valence-corrected chi connectivity index (χ0v) is 15.4. The molecule has 0 saturated carbocycles. The van der Waals surface area contributed by atoms with E-state index >= 15 is 0 Å². The highest BCUT2D eigenvalue weighted by Crippen LogP contribution is 2.42. The second-order valence-corrected chi connectivity index (χ2v) is 6.44. The minimum atomic E-state index is -1.30. The average Bonchev–Trinajstić information content (AvgIpc) is 3.17. The maximum absolute atomic E-state index is 12.1. The van der Waals surface area contributed by atoms with Gasteiger partial charge < -0.3 is 24.1 Å². The molecule has 1 aromatic carbocycles. The summed E-state index contributed by atoms with van der Waals surface area (Å²) in [6.45, 7) is 1.88. The summed E-state index contributed by atoms with van der Waals surface area (Å²) in [5.41, 5.74) is 3.15. The van der Waals surface area contributed by atoms with E-state index < -0.39 is 11.9 Å². The minimum absolute atomic E-state index is 0.232. The highest BCUT2D eigenvalue weighted by Gasteiger charge is 2.31. The zero-order chi connectivity index (χ0) is 20.2. The molecule has 3 heterocycles. The van der Waals surface area contributed by atoms with Crippen molar-refractivity contribution in [2.45, 2.75) is 6.92 Å². The Kier molecular flexibility index (Phi) is 3.88. The molecule has 0 bridgehead atoms. The molecule has 7 nitrogen and oxygen atoms in total. The molecule has 0 amide bonds. The molecule has 0 aliphatic heterocycles. The number of carboxylic acids is 2. The number of pyridine rings is 1. The van der Waals surface area contributed by atoms with Gasteiger partial charge in [0.1, 0.15) is 22.6 Å². The van der Waals surface area contributed by atoms with Crippen LogP contribution >= 0.6 is 0 Å². The fourth-order valence-corrected chi connectivity index (χ4v) is 3.83. The minimum Gasteiger partial charge on any atom is -0.497 e. The molecular formula is C21H17NO6.